The Balaban J connectivity index is 1.41. The van der Waals surface area contributed by atoms with E-state index in [-0.39, 0.29) is 11.9 Å². The molecule has 1 aliphatic rings. The number of rotatable bonds is 11. The first kappa shape index (κ1) is 23.0. The van der Waals surface area contributed by atoms with Crippen LogP contribution >= 0.6 is 0 Å². The molecule has 7 heteroatoms. The number of hydrazine groups is 1. The number of ether oxygens (including phenoxy) is 1. The van der Waals surface area contributed by atoms with Gasteiger partial charge in [-0.25, -0.2) is 5.43 Å². The Morgan fingerprint density at radius 2 is 1.94 bits per heavy atom. The fraction of sp³-hybridized carbons (Fsp3) is 0.375. The number of aliphatic hydroxyl groups is 1. The number of benzene rings is 2. The van der Waals surface area contributed by atoms with Crippen LogP contribution in [0.2, 0.25) is 0 Å². The zero-order valence-corrected chi connectivity index (χ0v) is 18.2. The molecule has 3 rings (SSSR count). The standard InChI is InChI=1S/C24H32N4O3/c1-28(16-21-14-22(17-31-2)27-26-21)24(30)20-10-8-18(9-11-20)12-13-25-15-23(29)19-6-4-3-5-7-19/h3-11,14,21,23,25-27,29H,12-13,15-17H2,1-2H3. The molecule has 1 amide bonds. The zero-order chi connectivity index (χ0) is 22.1. The van der Waals surface area contributed by atoms with Gasteiger partial charge in [0.2, 0.25) is 0 Å². The van der Waals surface area contributed by atoms with Gasteiger partial charge in [-0.05, 0) is 42.3 Å². The van der Waals surface area contributed by atoms with Crippen LogP contribution in [0, 0.1) is 0 Å². The van der Waals surface area contributed by atoms with E-state index >= 15 is 0 Å². The summed E-state index contributed by atoms with van der Waals surface area (Å²) in [5, 5.41) is 13.5. The smallest absolute Gasteiger partial charge is 0.253 e. The number of carbonyl (C=O) groups excluding carboxylic acids is 1. The minimum atomic E-state index is -0.512. The van der Waals surface area contributed by atoms with Crippen LogP contribution in [-0.4, -0.2) is 62.4 Å². The lowest BCUT2D eigenvalue weighted by Gasteiger charge is -2.20. The molecule has 166 valence electrons. The lowest BCUT2D eigenvalue weighted by molar-refractivity contribution is 0.0787. The highest BCUT2D eigenvalue weighted by atomic mass is 16.5. The maximum atomic E-state index is 12.7. The minimum absolute atomic E-state index is 0.00829. The van der Waals surface area contributed by atoms with E-state index < -0.39 is 6.10 Å². The van der Waals surface area contributed by atoms with Crippen molar-refractivity contribution in [3.63, 3.8) is 0 Å². The molecule has 2 unspecified atom stereocenters. The molecule has 1 aliphatic heterocycles. The monoisotopic (exact) mass is 424 g/mol. The lowest BCUT2D eigenvalue weighted by Crippen LogP contribution is -2.42. The third-order valence-corrected chi connectivity index (χ3v) is 5.25. The fourth-order valence-electron chi connectivity index (χ4n) is 3.53. The number of aliphatic hydroxyl groups excluding tert-OH is 1. The molecule has 0 spiro atoms. The van der Waals surface area contributed by atoms with Crippen LogP contribution in [0.1, 0.15) is 27.6 Å². The van der Waals surface area contributed by atoms with Crippen LogP contribution in [0.25, 0.3) is 0 Å². The number of nitrogens with one attached hydrogen (secondary N) is 3. The summed E-state index contributed by atoms with van der Waals surface area (Å²) in [6.45, 7) is 2.35. The van der Waals surface area contributed by atoms with Gasteiger partial charge in [0.15, 0.2) is 0 Å². The molecule has 0 saturated heterocycles. The summed E-state index contributed by atoms with van der Waals surface area (Å²) in [5.74, 6) is -0.00829. The summed E-state index contributed by atoms with van der Waals surface area (Å²) in [6, 6.07) is 17.4. The lowest BCUT2D eigenvalue weighted by atomic mass is 10.1. The Bertz CT molecular complexity index is 855. The van der Waals surface area contributed by atoms with Gasteiger partial charge >= 0.3 is 0 Å². The van der Waals surface area contributed by atoms with Crippen molar-refractivity contribution in [3.05, 3.63) is 83.1 Å². The molecule has 7 nitrogen and oxygen atoms in total. The second kappa shape index (κ2) is 11.6. The highest BCUT2D eigenvalue weighted by Gasteiger charge is 2.19. The van der Waals surface area contributed by atoms with Crippen LogP contribution in [-0.2, 0) is 11.2 Å². The molecular weight excluding hydrogens is 392 g/mol. The van der Waals surface area contributed by atoms with Gasteiger partial charge in [0, 0.05) is 38.5 Å². The first-order valence-electron chi connectivity index (χ1n) is 10.6. The molecule has 2 aromatic carbocycles. The molecule has 0 saturated carbocycles. The highest BCUT2D eigenvalue weighted by Crippen LogP contribution is 2.12. The van der Waals surface area contributed by atoms with Crippen molar-refractivity contribution >= 4 is 5.91 Å². The average Bonchev–Trinajstić information content (AvgIpc) is 3.24. The Hall–Kier alpha value is -2.71. The van der Waals surface area contributed by atoms with E-state index in [2.05, 4.69) is 16.2 Å². The highest BCUT2D eigenvalue weighted by molar-refractivity contribution is 5.94. The first-order chi connectivity index (χ1) is 15.1. The minimum Gasteiger partial charge on any atom is -0.387 e. The molecule has 2 atom stereocenters. The van der Waals surface area contributed by atoms with Gasteiger partial charge < -0.3 is 25.5 Å². The van der Waals surface area contributed by atoms with E-state index in [9.17, 15) is 9.90 Å². The van der Waals surface area contributed by atoms with Gasteiger partial charge in [0.25, 0.3) is 5.91 Å². The summed E-state index contributed by atoms with van der Waals surface area (Å²) in [4.78, 5) is 14.4. The summed E-state index contributed by atoms with van der Waals surface area (Å²) >= 11 is 0. The number of hydrogen-bond donors (Lipinski definition) is 4. The Morgan fingerprint density at radius 1 is 1.19 bits per heavy atom. The molecule has 0 aromatic heterocycles. The summed E-state index contributed by atoms with van der Waals surface area (Å²) in [6.07, 6.45) is 2.36. The van der Waals surface area contributed by atoms with Crippen LogP contribution in [0.5, 0.6) is 0 Å². The summed E-state index contributed by atoms with van der Waals surface area (Å²) in [5.41, 5.74) is 9.92. The van der Waals surface area contributed by atoms with Crippen molar-refractivity contribution in [1.29, 1.82) is 0 Å². The van der Waals surface area contributed by atoms with Gasteiger partial charge in [-0.2, -0.15) is 0 Å². The van der Waals surface area contributed by atoms with Gasteiger partial charge in [0.1, 0.15) is 0 Å². The topological polar surface area (TPSA) is 85.9 Å². The van der Waals surface area contributed by atoms with Gasteiger partial charge in [-0.3, -0.25) is 4.79 Å². The fourth-order valence-corrected chi connectivity index (χ4v) is 3.53. The number of amides is 1. The van der Waals surface area contributed by atoms with E-state index in [1.54, 1.807) is 12.0 Å². The van der Waals surface area contributed by atoms with E-state index in [0.29, 0.717) is 25.3 Å². The number of hydrogen-bond acceptors (Lipinski definition) is 6. The first-order valence-corrected chi connectivity index (χ1v) is 10.6. The van der Waals surface area contributed by atoms with Crippen LogP contribution in [0.4, 0.5) is 0 Å². The number of methoxy groups -OCH3 is 1. The van der Waals surface area contributed by atoms with E-state index in [4.69, 9.17) is 4.74 Å². The van der Waals surface area contributed by atoms with E-state index in [0.717, 1.165) is 29.8 Å². The second-order valence-electron chi connectivity index (χ2n) is 7.76. The van der Waals surface area contributed by atoms with Crippen molar-refractivity contribution in [2.24, 2.45) is 0 Å². The largest absolute Gasteiger partial charge is 0.387 e. The predicted octanol–water partition coefficient (Wildman–Crippen LogP) is 1.63. The Kier molecular flexibility index (Phi) is 8.61. The predicted molar refractivity (Wildman–Crippen MR) is 121 cm³/mol. The summed E-state index contributed by atoms with van der Waals surface area (Å²) in [7, 11) is 3.46. The van der Waals surface area contributed by atoms with Gasteiger partial charge in [0.05, 0.1) is 18.8 Å². The summed E-state index contributed by atoms with van der Waals surface area (Å²) < 4.78 is 5.11. The molecular formula is C24H32N4O3. The number of carbonyl (C=O) groups is 1. The van der Waals surface area contributed by atoms with E-state index in [1.807, 2.05) is 67.7 Å². The average molecular weight is 425 g/mol. The maximum absolute atomic E-state index is 12.7. The molecule has 4 N–H and O–H groups in total. The third-order valence-electron chi connectivity index (χ3n) is 5.25. The van der Waals surface area contributed by atoms with Crippen molar-refractivity contribution in [3.8, 4) is 0 Å². The van der Waals surface area contributed by atoms with Gasteiger partial charge in [-0.1, -0.05) is 42.5 Å². The molecule has 0 fully saturated rings. The number of nitrogens with zero attached hydrogens (tertiary/aromatic N) is 1. The Labute approximate surface area is 184 Å². The van der Waals surface area contributed by atoms with Crippen molar-refractivity contribution in [2.45, 2.75) is 18.6 Å². The van der Waals surface area contributed by atoms with Crippen molar-refractivity contribution < 1.29 is 14.6 Å². The SMILES string of the molecule is COCC1=CC(CN(C)C(=O)c2ccc(CCNCC(O)c3ccccc3)cc2)NN1. The van der Waals surface area contributed by atoms with Crippen LogP contribution in [0.15, 0.2) is 66.4 Å². The molecule has 31 heavy (non-hydrogen) atoms. The molecule has 1 heterocycles. The Morgan fingerprint density at radius 3 is 2.65 bits per heavy atom. The molecule has 0 bridgehead atoms. The molecule has 2 aromatic rings. The third kappa shape index (κ3) is 6.90. The molecule has 0 aliphatic carbocycles. The van der Waals surface area contributed by atoms with Crippen molar-refractivity contribution in [1.82, 2.24) is 21.1 Å². The van der Waals surface area contributed by atoms with Crippen LogP contribution in [0.3, 0.4) is 0 Å². The van der Waals surface area contributed by atoms with Gasteiger partial charge in [-0.15, -0.1) is 0 Å². The number of likely N-dealkylation sites (N-methyl/N-ethyl adjacent to an activating group) is 1. The maximum Gasteiger partial charge on any atom is 0.253 e. The quantitative estimate of drug-likeness (QED) is 0.410. The van der Waals surface area contributed by atoms with E-state index in [1.165, 1.54) is 0 Å². The zero-order valence-electron chi connectivity index (χ0n) is 18.2. The van der Waals surface area contributed by atoms with Crippen molar-refractivity contribution in [2.75, 3.05) is 40.4 Å². The molecule has 0 radical (unpaired) electrons. The van der Waals surface area contributed by atoms with Crippen LogP contribution < -0.4 is 16.2 Å². The normalized spacial score (nSPS) is 16.5. The second-order valence-corrected chi connectivity index (χ2v) is 7.76.